The molecule has 12 heteroatoms. The number of benzene rings is 1. The zero-order valence-electron chi connectivity index (χ0n) is 17.6. The minimum absolute atomic E-state index is 0.000677. The molecule has 1 aromatic heterocycles. The van der Waals surface area contributed by atoms with Crippen molar-refractivity contribution in [2.75, 3.05) is 25.6 Å². The van der Waals surface area contributed by atoms with Gasteiger partial charge in [-0.2, -0.15) is 4.39 Å². The topological polar surface area (TPSA) is 129 Å². The molecule has 1 unspecified atom stereocenters. The fourth-order valence-electron chi connectivity index (χ4n) is 3.14. The maximum atomic E-state index is 13.2. The Labute approximate surface area is 184 Å². The molecule has 0 bridgehead atoms. The fraction of sp³-hybridized carbons (Fsp3) is 0.500. The van der Waals surface area contributed by atoms with Gasteiger partial charge in [0.25, 0.3) is 5.56 Å². The number of aromatic amines is 1. The second kappa shape index (κ2) is 10.9. The zero-order valence-corrected chi connectivity index (χ0v) is 18.4. The van der Waals surface area contributed by atoms with Crippen LogP contribution in [0, 0.1) is 5.82 Å². The number of rotatable bonds is 11. The predicted octanol–water partition coefficient (Wildman–Crippen LogP) is 0.888. The summed E-state index contributed by atoms with van der Waals surface area (Å²) in [5.41, 5.74) is -1.16. The van der Waals surface area contributed by atoms with Gasteiger partial charge >= 0.3 is 5.69 Å². The lowest BCUT2D eigenvalue weighted by atomic mass is 10.1. The highest BCUT2D eigenvalue weighted by Crippen LogP contribution is 2.22. The maximum absolute atomic E-state index is 13.2. The molecule has 0 radical (unpaired) electrons. The van der Waals surface area contributed by atoms with Crippen LogP contribution in [0.15, 0.2) is 40.1 Å². The quantitative estimate of drug-likeness (QED) is 0.466. The minimum atomic E-state index is -3.60. The van der Waals surface area contributed by atoms with Crippen molar-refractivity contribution < 1.29 is 27.0 Å². The van der Waals surface area contributed by atoms with Crippen LogP contribution in [0.5, 0.6) is 5.75 Å². The number of nitrogens with one attached hydrogen (secondary N) is 2. The first-order valence-electron chi connectivity index (χ1n) is 10.1. The van der Waals surface area contributed by atoms with Crippen molar-refractivity contribution in [1.82, 2.24) is 14.3 Å². The molecule has 10 nitrogen and oxygen atoms in total. The third kappa shape index (κ3) is 6.99. The maximum Gasteiger partial charge on any atom is 0.330 e. The van der Waals surface area contributed by atoms with E-state index in [4.69, 9.17) is 14.2 Å². The highest BCUT2D eigenvalue weighted by atomic mass is 32.2. The van der Waals surface area contributed by atoms with E-state index in [1.165, 1.54) is 0 Å². The van der Waals surface area contributed by atoms with Gasteiger partial charge in [0.1, 0.15) is 18.6 Å². The highest BCUT2D eigenvalue weighted by molar-refractivity contribution is 7.89. The summed E-state index contributed by atoms with van der Waals surface area (Å²) >= 11 is 0. The molecule has 2 N–H and O–H groups in total. The van der Waals surface area contributed by atoms with E-state index in [1.807, 2.05) is 17.1 Å². The number of sulfonamides is 1. The van der Waals surface area contributed by atoms with Crippen LogP contribution in [-0.4, -0.2) is 49.6 Å². The summed E-state index contributed by atoms with van der Waals surface area (Å²) in [6, 6.07) is 6.78. The number of hydrogen-bond acceptors (Lipinski definition) is 7. The first-order valence-corrected chi connectivity index (χ1v) is 11.8. The van der Waals surface area contributed by atoms with E-state index >= 15 is 0 Å². The molecular formula is C20H26FN3O7S. The molecule has 2 aromatic rings. The molecule has 0 saturated carbocycles. The average molecular weight is 472 g/mol. The van der Waals surface area contributed by atoms with Crippen molar-refractivity contribution in [2.45, 2.75) is 38.6 Å². The molecule has 1 aromatic carbocycles. The smallest absolute Gasteiger partial charge is 0.330 e. The first kappa shape index (κ1) is 24.1. The van der Waals surface area contributed by atoms with Gasteiger partial charge in [0, 0.05) is 19.1 Å². The van der Waals surface area contributed by atoms with Crippen LogP contribution in [0.2, 0.25) is 0 Å². The Balaban J connectivity index is 1.45. The van der Waals surface area contributed by atoms with Gasteiger partial charge in [-0.25, -0.2) is 17.9 Å². The normalized spacial score (nSPS) is 17.4. The number of aromatic nitrogens is 2. The Morgan fingerprint density at radius 1 is 1.38 bits per heavy atom. The van der Waals surface area contributed by atoms with Crippen LogP contribution >= 0.6 is 0 Å². The molecule has 0 spiro atoms. The molecule has 3 rings (SSSR count). The van der Waals surface area contributed by atoms with Gasteiger partial charge in [0.05, 0.1) is 25.2 Å². The largest absolute Gasteiger partial charge is 0.488 e. The van der Waals surface area contributed by atoms with Crippen molar-refractivity contribution in [1.29, 1.82) is 0 Å². The Hall–Kier alpha value is -2.54. The minimum Gasteiger partial charge on any atom is -0.488 e. The molecule has 0 amide bonds. The van der Waals surface area contributed by atoms with Gasteiger partial charge in [0.2, 0.25) is 15.8 Å². The number of hydrogen-bond donors (Lipinski definition) is 2. The summed E-state index contributed by atoms with van der Waals surface area (Å²) in [6.07, 6.45) is 1.72. The van der Waals surface area contributed by atoms with E-state index in [9.17, 15) is 22.4 Å². The van der Waals surface area contributed by atoms with E-state index in [0.717, 1.165) is 22.7 Å². The summed E-state index contributed by atoms with van der Waals surface area (Å²) in [5, 5.41) is 0. The van der Waals surface area contributed by atoms with Crippen molar-refractivity contribution >= 4 is 10.0 Å². The summed E-state index contributed by atoms with van der Waals surface area (Å²) in [7, 11) is -3.60. The molecule has 1 aliphatic heterocycles. The number of H-pyrrole nitrogens is 1. The van der Waals surface area contributed by atoms with E-state index in [0.29, 0.717) is 19.0 Å². The van der Waals surface area contributed by atoms with Gasteiger partial charge in [0.15, 0.2) is 0 Å². The van der Waals surface area contributed by atoms with E-state index in [1.54, 1.807) is 19.1 Å². The molecule has 2 heterocycles. The monoisotopic (exact) mass is 471 g/mol. The molecule has 1 saturated heterocycles. The van der Waals surface area contributed by atoms with Crippen LogP contribution in [0.4, 0.5) is 4.39 Å². The second-order valence-electron chi connectivity index (χ2n) is 7.43. The van der Waals surface area contributed by atoms with Crippen molar-refractivity contribution in [3.8, 4) is 5.75 Å². The van der Waals surface area contributed by atoms with Gasteiger partial charge in [-0.05, 0) is 31.0 Å². The Morgan fingerprint density at radius 3 is 2.94 bits per heavy atom. The summed E-state index contributed by atoms with van der Waals surface area (Å²) in [6.45, 7) is 2.66. The third-order valence-corrected chi connectivity index (χ3v) is 6.34. The number of halogens is 1. The number of ether oxygens (including phenoxy) is 3. The molecule has 2 atom stereocenters. The Kier molecular flexibility index (Phi) is 8.18. The third-order valence-electron chi connectivity index (χ3n) is 4.80. The lowest BCUT2D eigenvalue weighted by Gasteiger charge is -2.17. The molecule has 1 aliphatic rings. The molecule has 0 aliphatic carbocycles. The van der Waals surface area contributed by atoms with E-state index in [2.05, 4.69) is 4.72 Å². The van der Waals surface area contributed by atoms with Crippen LogP contribution < -0.4 is 20.7 Å². The SMILES string of the molecule is C[C@@H](NS(=O)(=O)CCCOCn1cc(F)c(=O)[nH]c1=O)c1cccc(OC2CCOC2)c1. The van der Waals surface area contributed by atoms with Crippen LogP contribution in [0.25, 0.3) is 0 Å². The number of nitrogens with zero attached hydrogens (tertiary/aromatic N) is 1. The fourth-order valence-corrected chi connectivity index (χ4v) is 4.43. The summed E-state index contributed by atoms with van der Waals surface area (Å²) < 4.78 is 57.8. The lowest BCUT2D eigenvalue weighted by Crippen LogP contribution is -2.32. The van der Waals surface area contributed by atoms with Crippen molar-refractivity contribution in [3.05, 3.63) is 62.7 Å². The van der Waals surface area contributed by atoms with E-state index < -0.39 is 33.1 Å². The van der Waals surface area contributed by atoms with Gasteiger partial charge < -0.3 is 14.2 Å². The first-order chi connectivity index (χ1) is 15.2. The Morgan fingerprint density at radius 2 is 2.19 bits per heavy atom. The van der Waals surface area contributed by atoms with Crippen LogP contribution in [-0.2, 0) is 26.2 Å². The lowest BCUT2D eigenvalue weighted by molar-refractivity contribution is 0.0736. The van der Waals surface area contributed by atoms with Crippen LogP contribution in [0.3, 0.4) is 0 Å². The van der Waals surface area contributed by atoms with Crippen LogP contribution in [0.1, 0.15) is 31.4 Å². The van der Waals surface area contributed by atoms with Gasteiger partial charge in [-0.15, -0.1) is 0 Å². The molecule has 176 valence electrons. The van der Waals surface area contributed by atoms with Crippen molar-refractivity contribution in [3.63, 3.8) is 0 Å². The molecule has 32 heavy (non-hydrogen) atoms. The Bertz CT molecular complexity index is 1130. The standard InChI is InChI=1S/C20H26FN3O7S/c1-14(15-4-2-5-16(10-15)31-17-6-8-29-12-17)23-32(27,28)9-3-7-30-13-24-11-18(21)19(25)22-20(24)26/h2,4-5,10-11,14,17,23H,3,6-9,12-13H2,1H3,(H,22,25,26)/t14-,17?/m1/s1. The second-order valence-corrected chi connectivity index (χ2v) is 9.30. The predicted molar refractivity (Wildman–Crippen MR) is 113 cm³/mol. The molecule has 1 fully saturated rings. The highest BCUT2D eigenvalue weighted by Gasteiger charge is 2.19. The molecular weight excluding hydrogens is 445 g/mol. The van der Waals surface area contributed by atoms with Gasteiger partial charge in [-0.3, -0.25) is 14.3 Å². The van der Waals surface area contributed by atoms with Crippen molar-refractivity contribution in [2.24, 2.45) is 0 Å². The van der Waals surface area contributed by atoms with E-state index in [-0.39, 0.29) is 31.6 Å². The van der Waals surface area contributed by atoms with Gasteiger partial charge in [-0.1, -0.05) is 12.1 Å². The summed E-state index contributed by atoms with van der Waals surface area (Å²) in [4.78, 5) is 24.3. The average Bonchev–Trinajstić information content (AvgIpc) is 3.24. The zero-order chi connectivity index (χ0) is 23.1. The summed E-state index contributed by atoms with van der Waals surface area (Å²) in [5.74, 6) is -0.645.